The van der Waals surface area contributed by atoms with Crippen molar-refractivity contribution < 1.29 is 16.8 Å². The molecule has 0 aliphatic heterocycles. The molecule has 140 valence electrons. The first kappa shape index (κ1) is 20.5. The predicted molar refractivity (Wildman–Crippen MR) is 102 cm³/mol. The number of nitrogens with one attached hydrogen (secondary N) is 2. The summed E-state index contributed by atoms with van der Waals surface area (Å²) in [7, 11) is -6.73. The molecule has 0 spiro atoms. The molecule has 0 amide bonds. The maximum absolute atomic E-state index is 11.9. The first-order chi connectivity index (χ1) is 11.9. The molecule has 0 radical (unpaired) electrons. The van der Waals surface area contributed by atoms with Crippen molar-refractivity contribution >= 4 is 42.7 Å². The van der Waals surface area contributed by atoms with Gasteiger partial charge in [0.05, 0.1) is 0 Å². The van der Waals surface area contributed by atoms with Crippen LogP contribution in [0.4, 0.5) is 0 Å². The van der Waals surface area contributed by atoms with Crippen LogP contribution < -0.4 is 9.44 Å². The van der Waals surface area contributed by atoms with E-state index in [0.29, 0.717) is 21.5 Å². The van der Waals surface area contributed by atoms with E-state index in [4.69, 9.17) is 0 Å². The Morgan fingerprint density at radius 2 is 1.08 bits per heavy atom. The van der Waals surface area contributed by atoms with Gasteiger partial charge in [0.15, 0.2) is 0 Å². The second kappa shape index (κ2) is 9.79. The van der Waals surface area contributed by atoms with Crippen LogP contribution in [0, 0.1) is 0 Å². The lowest BCUT2D eigenvalue weighted by Gasteiger charge is -2.06. The summed E-state index contributed by atoms with van der Waals surface area (Å²) in [6.45, 7) is 0.844. The lowest BCUT2D eigenvalue weighted by Crippen LogP contribution is -2.24. The lowest BCUT2D eigenvalue weighted by molar-refractivity contribution is 0.564. The minimum atomic E-state index is -3.36. The third-order valence-corrected chi connectivity index (χ3v) is 9.17. The van der Waals surface area contributed by atoms with E-state index in [2.05, 4.69) is 9.44 Å². The Morgan fingerprint density at radius 3 is 1.44 bits per heavy atom. The second-order valence-corrected chi connectivity index (χ2v) is 11.3. The fourth-order valence-corrected chi connectivity index (χ4v) is 6.39. The maximum atomic E-state index is 11.9. The predicted octanol–water partition coefficient (Wildman–Crippen LogP) is 3.02. The standard InChI is InChI=1S/C15H22N2O4S4/c18-24(19,14-8-6-12-22-14)16-10-4-2-1-3-5-11-17-25(20,21)15-9-7-13-23-15/h6-9,12-13,16-17H,1-5,10-11H2. The molecule has 0 fully saturated rings. The minimum absolute atomic E-state index is 0.338. The molecule has 2 aromatic heterocycles. The van der Waals surface area contributed by atoms with E-state index in [1.807, 2.05) is 0 Å². The Morgan fingerprint density at radius 1 is 0.680 bits per heavy atom. The lowest BCUT2D eigenvalue weighted by atomic mass is 10.1. The fraction of sp³-hybridized carbons (Fsp3) is 0.467. The fourth-order valence-electron chi connectivity index (χ4n) is 2.17. The van der Waals surface area contributed by atoms with Crippen molar-refractivity contribution in [3.63, 3.8) is 0 Å². The molecule has 0 bridgehead atoms. The number of unbranched alkanes of at least 4 members (excludes halogenated alkanes) is 4. The number of hydrogen-bond acceptors (Lipinski definition) is 6. The van der Waals surface area contributed by atoms with Crippen molar-refractivity contribution in [1.29, 1.82) is 0 Å². The van der Waals surface area contributed by atoms with Gasteiger partial charge in [-0.15, -0.1) is 22.7 Å². The number of hydrogen-bond donors (Lipinski definition) is 2. The van der Waals surface area contributed by atoms with E-state index in [1.165, 1.54) is 22.7 Å². The average molecular weight is 423 g/mol. The topological polar surface area (TPSA) is 92.3 Å². The van der Waals surface area contributed by atoms with Crippen molar-refractivity contribution in [2.75, 3.05) is 13.1 Å². The Kier molecular flexibility index (Phi) is 8.04. The third kappa shape index (κ3) is 6.80. The maximum Gasteiger partial charge on any atom is 0.250 e. The summed E-state index contributed by atoms with van der Waals surface area (Å²) in [5, 5.41) is 3.47. The van der Waals surface area contributed by atoms with Crippen LogP contribution in [-0.2, 0) is 20.0 Å². The highest BCUT2D eigenvalue weighted by molar-refractivity contribution is 7.91. The molecule has 0 unspecified atom stereocenters. The summed E-state index contributed by atoms with van der Waals surface area (Å²) in [6, 6.07) is 6.60. The van der Waals surface area contributed by atoms with Crippen molar-refractivity contribution in [3.8, 4) is 0 Å². The Hall–Kier alpha value is -0.780. The summed E-state index contributed by atoms with van der Waals surface area (Å²) < 4.78 is 53.4. The van der Waals surface area contributed by atoms with Gasteiger partial charge in [0.2, 0.25) is 20.0 Å². The SMILES string of the molecule is O=S(=O)(NCCCCCCCNS(=O)(=O)c1cccs1)c1cccs1. The monoisotopic (exact) mass is 422 g/mol. The summed E-state index contributed by atoms with van der Waals surface area (Å²) in [6.07, 6.45) is 4.30. The van der Waals surface area contributed by atoms with Gasteiger partial charge in [0, 0.05) is 13.1 Å². The molecule has 2 heterocycles. The zero-order valence-electron chi connectivity index (χ0n) is 13.7. The van der Waals surface area contributed by atoms with Crippen LogP contribution in [0.5, 0.6) is 0 Å². The highest BCUT2D eigenvalue weighted by Gasteiger charge is 2.14. The molecule has 2 N–H and O–H groups in total. The van der Waals surface area contributed by atoms with Crippen LogP contribution in [0.25, 0.3) is 0 Å². The van der Waals surface area contributed by atoms with E-state index in [0.717, 1.165) is 32.1 Å². The van der Waals surface area contributed by atoms with Crippen LogP contribution in [0.1, 0.15) is 32.1 Å². The molecule has 2 rings (SSSR count). The molecule has 0 saturated carbocycles. The molecule has 0 saturated heterocycles. The highest BCUT2D eigenvalue weighted by Crippen LogP contribution is 2.16. The highest BCUT2D eigenvalue weighted by atomic mass is 32.3. The Balaban J connectivity index is 1.51. The first-order valence-corrected chi connectivity index (χ1v) is 12.7. The summed E-state index contributed by atoms with van der Waals surface area (Å²) >= 11 is 2.40. The van der Waals surface area contributed by atoms with Crippen molar-refractivity contribution in [2.24, 2.45) is 0 Å². The molecular formula is C15H22N2O4S4. The second-order valence-electron chi connectivity index (χ2n) is 5.43. The van der Waals surface area contributed by atoms with Gasteiger partial charge in [-0.05, 0) is 35.7 Å². The van der Waals surface area contributed by atoms with Gasteiger partial charge in [0.1, 0.15) is 8.42 Å². The average Bonchev–Trinajstić information content (AvgIpc) is 3.26. The smallest absolute Gasteiger partial charge is 0.210 e. The number of sulfonamides is 2. The summed E-state index contributed by atoms with van der Waals surface area (Å²) in [5.41, 5.74) is 0. The summed E-state index contributed by atoms with van der Waals surface area (Å²) in [5.74, 6) is 0. The zero-order chi connectivity index (χ0) is 18.2. The molecule has 10 heteroatoms. The van der Waals surface area contributed by atoms with Crippen molar-refractivity contribution in [2.45, 2.75) is 40.5 Å². The van der Waals surface area contributed by atoms with Crippen molar-refractivity contribution in [3.05, 3.63) is 35.0 Å². The third-order valence-electron chi connectivity index (χ3n) is 3.46. The summed E-state index contributed by atoms with van der Waals surface area (Å²) in [4.78, 5) is 0. The van der Waals surface area contributed by atoms with E-state index in [9.17, 15) is 16.8 Å². The van der Waals surface area contributed by atoms with Crippen LogP contribution in [0.15, 0.2) is 43.4 Å². The van der Waals surface area contributed by atoms with Gasteiger partial charge >= 0.3 is 0 Å². The van der Waals surface area contributed by atoms with Crippen LogP contribution in [-0.4, -0.2) is 29.9 Å². The Bertz CT molecular complexity index is 743. The van der Waals surface area contributed by atoms with E-state index < -0.39 is 20.0 Å². The van der Waals surface area contributed by atoms with Gasteiger partial charge in [0.25, 0.3) is 0 Å². The molecule has 25 heavy (non-hydrogen) atoms. The number of thiophene rings is 2. The van der Waals surface area contributed by atoms with Gasteiger partial charge in [-0.2, -0.15) is 0 Å². The molecule has 2 aromatic rings. The van der Waals surface area contributed by atoms with E-state index >= 15 is 0 Å². The number of rotatable bonds is 12. The van der Waals surface area contributed by atoms with E-state index in [1.54, 1.807) is 35.0 Å². The first-order valence-electron chi connectivity index (χ1n) is 7.98. The van der Waals surface area contributed by atoms with Crippen LogP contribution in [0.3, 0.4) is 0 Å². The normalized spacial score (nSPS) is 12.5. The van der Waals surface area contributed by atoms with Gasteiger partial charge in [-0.25, -0.2) is 26.3 Å². The largest absolute Gasteiger partial charge is 0.250 e. The molecule has 0 aliphatic carbocycles. The molecule has 6 nitrogen and oxygen atoms in total. The molecule has 0 aliphatic rings. The van der Waals surface area contributed by atoms with Gasteiger partial charge < -0.3 is 0 Å². The van der Waals surface area contributed by atoms with Crippen molar-refractivity contribution in [1.82, 2.24) is 9.44 Å². The molecule has 0 atom stereocenters. The quantitative estimate of drug-likeness (QED) is 0.514. The zero-order valence-corrected chi connectivity index (χ0v) is 16.9. The van der Waals surface area contributed by atoms with Crippen LogP contribution >= 0.6 is 22.7 Å². The molecule has 0 aromatic carbocycles. The minimum Gasteiger partial charge on any atom is -0.210 e. The van der Waals surface area contributed by atoms with E-state index in [-0.39, 0.29) is 0 Å². The molecular weight excluding hydrogens is 400 g/mol. The van der Waals surface area contributed by atoms with Gasteiger partial charge in [-0.3, -0.25) is 0 Å². The van der Waals surface area contributed by atoms with Gasteiger partial charge in [-0.1, -0.05) is 31.4 Å². The Labute approximate surface area is 157 Å². The van der Waals surface area contributed by atoms with Crippen LogP contribution in [0.2, 0.25) is 0 Å².